The van der Waals surface area contributed by atoms with Gasteiger partial charge in [0.2, 0.25) is 0 Å². The first-order valence-electron chi connectivity index (χ1n) is 7.40. The Labute approximate surface area is 148 Å². The Morgan fingerprint density at radius 2 is 1.73 bits per heavy atom. The fraction of sp³-hybridized carbons (Fsp3) is 0.167. The summed E-state index contributed by atoms with van der Waals surface area (Å²) in [4.78, 5) is 37.2. The van der Waals surface area contributed by atoms with Crippen LogP contribution < -0.4 is 4.90 Å². The van der Waals surface area contributed by atoms with Gasteiger partial charge in [-0.2, -0.15) is 0 Å². The average Bonchev–Trinajstić information content (AvgIpc) is 2.84. The largest absolute Gasteiger partial charge is 0.478 e. The second kappa shape index (κ2) is 7.64. The highest BCUT2D eigenvalue weighted by molar-refractivity contribution is 6.07. The number of anilines is 1. The molecule has 8 heteroatoms. The topological polar surface area (TPSA) is 93.1 Å². The van der Waals surface area contributed by atoms with Crippen molar-refractivity contribution in [3.8, 4) is 0 Å². The summed E-state index contributed by atoms with van der Waals surface area (Å²) < 4.78 is 23.6. The minimum Gasteiger partial charge on any atom is -0.478 e. The van der Waals surface area contributed by atoms with Crippen molar-refractivity contribution < 1.29 is 33.4 Å². The summed E-state index contributed by atoms with van der Waals surface area (Å²) in [5, 5.41) is 9.44. The van der Waals surface area contributed by atoms with Crippen LogP contribution in [0.1, 0.15) is 15.9 Å². The SMILES string of the molecule is COC(=O)C1=C(C(=O)OC)N(c2c(C)ccc(F)c2C(=O)O)C=CC=C1. The van der Waals surface area contributed by atoms with Crippen molar-refractivity contribution in [1.82, 2.24) is 0 Å². The summed E-state index contributed by atoms with van der Waals surface area (Å²) in [5.41, 5.74) is -0.813. The zero-order chi connectivity index (χ0) is 19.4. The number of allylic oxidation sites excluding steroid dienone is 2. The van der Waals surface area contributed by atoms with Crippen LogP contribution in [-0.2, 0) is 19.1 Å². The van der Waals surface area contributed by atoms with E-state index in [1.807, 2.05) is 0 Å². The fourth-order valence-corrected chi connectivity index (χ4v) is 2.52. The van der Waals surface area contributed by atoms with E-state index in [9.17, 15) is 23.9 Å². The van der Waals surface area contributed by atoms with Crippen molar-refractivity contribution in [2.45, 2.75) is 6.92 Å². The molecule has 26 heavy (non-hydrogen) atoms. The number of carboxylic acids is 1. The van der Waals surface area contributed by atoms with Gasteiger partial charge in [0.05, 0.1) is 25.5 Å². The van der Waals surface area contributed by atoms with Gasteiger partial charge in [0, 0.05) is 6.20 Å². The smallest absolute Gasteiger partial charge is 0.355 e. The highest BCUT2D eigenvalue weighted by Gasteiger charge is 2.31. The standard InChI is InChI=1S/C18H16FNO6/c1-10-7-8-12(19)13(16(21)22)14(10)20-9-5-4-6-11(17(23)25-2)15(20)18(24)26-3/h4-9H,1-3H3,(H,21,22). The minimum atomic E-state index is -1.52. The Balaban J connectivity index is 2.87. The molecule has 1 aliphatic heterocycles. The third kappa shape index (κ3) is 3.34. The van der Waals surface area contributed by atoms with Crippen LogP contribution in [0.25, 0.3) is 0 Å². The lowest BCUT2D eigenvalue weighted by atomic mass is 10.0. The molecule has 0 aliphatic carbocycles. The van der Waals surface area contributed by atoms with Crippen molar-refractivity contribution in [2.24, 2.45) is 0 Å². The van der Waals surface area contributed by atoms with Crippen molar-refractivity contribution in [2.75, 3.05) is 19.1 Å². The Bertz CT molecular complexity index is 869. The van der Waals surface area contributed by atoms with E-state index in [4.69, 9.17) is 4.74 Å². The Kier molecular flexibility index (Phi) is 5.56. The predicted octanol–water partition coefficient (Wildman–Crippen LogP) is 2.32. The molecule has 0 radical (unpaired) electrons. The van der Waals surface area contributed by atoms with Crippen LogP contribution in [0, 0.1) is 12.7 Å². The van der Waals surface area contributed by atoms with E-state index in [-0.39, 0.29) is 17.0 Å². The first-order valence-corrected chi connectivity index (χ1v) is 7.40. The molecule has 0 saturated carbocycles. The molecule has 1 aromatic carbocycles. The van der Waals surface area contributed by atoms with E-state index >= 15 is 0 Å². The van der Waals surface area contributed by atoms with Gasteiger partial charge in [-0.1, -0.05) is 12.1 Å². The van der Waals surface area contributed by atoms with E-state index < -0.39 is 29.3 Å². The molecule has 0 aromatic heterocycles. The number of carbonyl (C=O) groups excluding carboxylic acids is 2. The lowest BCUT2D eigenvalue weighted by molar-refractivity contribution is -0.139. The highest BCUT2D eigenvalue weighted by atomic mass is 19.1. The summed E-state index contributed by atoms with van der Waals surface area (Å²) in [6, 6.07) is 2.39. The maximum atomic E-state index is 14.2. The van der Waals surface area contributed by atoms with Crippen LogP contribution in [-0.4, -0.2) is 37.2 Å². The number of benzene rings is 1. The molecule has 0 fully saturated rings. The number of methoxy groups -OCH3 is 2. The number of aromatic carboxylic acids is 1. The number of esters is 2. The molecular formula is C18H16FNO6. The second-order valence-electron chi connectivity index (χ2n) is 5.21. The third-order valence-corrected chi connectivity index (χ3v) is 3.67. The number of aryl methyl sites for hydroxylation is 1. The van der Waals surface area contributed by atoms with Gasteiger partial charge in [-0.25, -0.2) is 18.8 Å². The van der Waals surface area contributed by atoms with E-state index in [2.05, 4.69) is 4.74 Å². The van der Waals surface area contributed by atoms with Crippen LogP contribution in [0.2, 0.25) is 0 Å². The molecule has 0 unspecified atom stereocenters. The number of ether oxygens (including phenoxy) is 2. The van der Waals surface area contributed by atoms with Gasteiger partial charge in [0.1, 0.15) is 17.1 Å². The van der Waals surface area contributed by atoms with Crippen molar-refractivity contribution >= 4 is 23.6 Å². The summed E-state index contributed by atoms with van der Waals surface area (Å²) in [6.45, 7) is 1.56. The minimum absolute atomic E-state index is 0.0979. The van der Waals surface area contributed by atoms with Gasteiger partial charge >= 0.3 is 17.9 Å². The molecular weight excluding hydrogens is 345 g/mol. The molecule has 2 rings (SSSR count). The predicted molar refractivity (Wildman–Crippen MR) is 89.9 cm³/mol. The normalized spacial score (nSPS) is 13.5. The van der Waals surface area contributed by atoms with Gasteiger partial charge < -0.3 is 19.5 Å². The monoisotopic (exact) mass is 361 g/mol. The lowest BCUT2D eigenvalue weighted by Gasteiger charge is -2.26. The zero-order valence-corrected chi connectivity index (χ0v) is 14.3. The molecule has 0 amide bonds. The Hall–Kier alpha value is -3.42. The maximum absolute atomic E-state index is 14.2. The molecule has 0 atom stereocenters. The van der Waals surface area contributed by atoms with Crippen molar-refractivity contribution in [1.29, 1.82) is 0 Å². The molecule has 0 spiro atoms. The maximum Gasteiger partial charge on any atom is 0.355 e. The summed E-state index contributed by atoms with van der Waals surface area (Å²) in [5.74, 6) is -4.24. The van der Waals surface area contributed by atoms with Gasteiger partial charge in [0.25, 0.3) is 0 Å². The number of hydrogen-bond donors (Lipinski definition) is 1. The number of hydrogen-bond acceptors (Lipinski definition) is 6. The van der Waals surface area contributed by atoms with E-state index in [0.29, 0.717) is 5.56 Å². The lowest BCUT2D eigenvalue weighted by Crippen LogP contribution is -2.29. The van der Waals surface area contributed by atoms with Crippen molar-refractivity contribution in [3.05, 3.63) is 64.8 Å². The quantitative estimate of drug-likeness (QED) is 0.823. The van der Waals surface area contributed by atoms with E-state index in [1.165, 1.54) is 30.5 Å². The van der Waals surface area contributed by atoms with E-state index in [1.54, 1.807) is 6.92 Å². The fourth-order valence-electron chi connectivity index (χ4n) is 2.52. The van der Waals surface area contributed by atoms with Gasteiger partial charge in [-0.05, 0) is 30.7 Å². The number of carbonyl (C=O) groups is 3. The van der Waals surface area contributed by atoms with E-state index in [0.717, 1.165) is 25.2 Å². The molecule has 1 N–H and O–H groups in total. The van der Waals surface area contributed by atoms with Crippen LogP contribution in [0.4, 0.5) is 10.1 Å². The number of rotatable bonds is 4. The van der Waals surface area contributed by atoms with Crippen LogP contribution in [0.15, 0.2) is 47.8 Å². The molecule has 7 nitrogen and oxygen atoms in total. The average molecular weight is 361 g/mol. The van der Waals surface area contributed by atoms with Gasteiger partial charge in [-0.15, -0.1) is 0 Å². The third-order valence-electron chi connectivity index (χ3n) is 3.67. The summed E-state index contributed by atoms with van der Waals surface area (Å²) in [6.07, 6.45) is 5.59. The number of carboxylic acid groups (broad SMARTS) is 1. The first-order chi connectivity index (χ1) is 12.3. The van der Waals surface area contributed by atoms with Crippen LogP contribution in [0.3, 0.4) is 0 Å². The molecule has 0 saturated heterocycles. The van der Waals surface area contributed by atoms with Crippen molar-refractivity contribution in [3.63, 3.8) is 0 Å². The highest BCUT2D eigenvalue weighted by Crippen LogP contribution is 2.33. The molecule has 1 aromatic rings. The summed E-state index contributed by atoms with van der Waals surface area (Å²) >= 11 is 0. The van der Waals surface area contributed by atoms with Gasteiger partial charge in [0.15, 0.2) is 0 Å². The number of halogens is 1. The second-order valence-corrected chi connectivity index (χ2v) is 5.21. The van der Waals surface area contributed by atoms with Crippen LogP contribution in [0.5, 0.6) is 0 Å². The van der Waals surface area contributed by atoms with Crippen LogP contribution >= 0.6 is 0 Å². The molecule has 1 heterocycles. The summed E-state index contributed by atoms with van der Waals surface area (Å²) in [7, 11) is 2.24. The number of nitrogens with zero attached hydrogens (tertiary/aromatic N) is 1. The van der Waals surface area contributed by atoms with Gasteiger partial charge in [-0.3, -0.25) is 0 Å². The first kappa shape index (κ1) is 18.9. The Morgan fingerprint density at radius 1 is 1.08 bits per heavy atom. The molecule has 136 valence electrons. The Morgan fingerprint density at radius 3 is 2.31 bits per heavy atom. The molecule has 1 aliphatic rings. The zero-order valence-electron chi connectivity index (χ0n) is 14.3. The molecule has 0 bridgehead atoms.